The van der Waals surface area contributed by atoms with Gasteiger partial charge in [-0.1, -0.05) is 37.0 Å². The minimum atomic E-state index is -0.225. The molecular formula is C22H24N6O2S2. The molecule has 1 saturated heterocycles. The Hall–Kier alpha value is -2.98. The molecule has 0 spiro atoms. The Kier molecular flexibility index (Phi) is 6.71. The van der Waals surface area contributed by atoms with Gasteiger partial charge in [0, 0.05) is 38.2 Å². The molecule has 166 valence electrons. The number of amides is 1. The van der Waals surface area contributed by atoms with Crippen LogP contribution in [0, 0.1) is 6.92 Å². The number of aryl methyl sites for hydroxylation is 2. The number of anilines is 1. The van der Waals surface area contributed by atoms with E-state index in [1.54, 1.807) is 29.7 Å². The standard InChI is InChI=1S/C22H24N6O2S2/c1-3-9-28-21(30)17(32-22(28)31)13-16-18(24-7-5-10-26-12-8-23-14-26)25-19-15(2)6-4-11-27(19)20(16)29/h4,6,8,11-14,24H,3,5,7,9-10H2,1-2H3/b17-13+. The Morgan fingerprint density at radius 2 is 2.09 bits per heavy atom. The summed E-state index contributed by atoms with van der Waals surface area (Å²) < 4.78 is 4.03. The Morgan fingerprint density at radius 3 is 2.84 bits per heavy atom. The van der Waals surface area contributed by atoms with Gasteiger partial charge in [-0.15, -0.1) is 0 Å². The number of fused-ring (bicyclic) bond motifs is 1. The van der Waals surface area contributed by atoms with Crippen molar-refractivity contribution >= 4 is 51.7 Å². The fourth-order valence-corrected chi connectivity index (χ4v) is 4.80. The maximum Gasteiger partial charge on any atom is 0.267 e. The van der Waals surface area contributed by atoms with E-state index in [-0.39, 0.29) is 11.5 Å². The molecule has 1 aliphatic heterocycles. The highest BCUT2D eigenvalue weighted by molar-refractivity contribution is 8.26. The summed E-state index contributed by atoms with van der Waals surface area (Å²) in [7, 11) is 0. The lowest BCUT2D eigenvalue weighted by Crippen LogP contribution is -2.28. The van der Waals surface area contributed by atoms with Crippen molar-refractivity contribution in [2.24, 2.45) is 0 Å². The molecule has 0 saturated carbocycles. The first-order chi connectivity index (χ1) is 15.5. The molecule has 0 atom stereocenters. The van der Waals surface area contributed by atoms with Gasteiger partial charge in [-0.05, 0) is 37.5 Å². The van der Waals surface area contributed by atoms with Crippen LogP contribution < -0.4 is 10.9 Å². The molecule has 3 aromatic rings. The van der Waals surface area contributed by atoms with Crippen molar-refractivity contribution in [2.45, 2.75) is 33.2 Å². The monoisotopic (exact) mass is 468 g/mol. The van der Waals surface area contributed by atoms with E-state index < -0.39 is 0 Å². The third-order valence-corrected chi connectivity index (χ3v) is 6.50. The normalized spacial score (nSPS) is 15.3. The fraction of sp³-hybridized carbons (Fsp3) is 0.318. The molecule has 0 radical (unpaired) electrons. The number of carbonyl (C=O) groups excluding carboxylic acids is 1. The maximum atomic E-state index is 13.4. The van der Waals surface area contributed by atoms with Crippen LogP contribution in [0.25, 0.3) is 11.7 Å². The van der Waals surface area contributed by atoms with Crippen molar-refractivity contribution in [1.82, 2.24) is 23.8 Å². The Morgan fingerprint density at radius 1 is 1.25 bits per heavy atom. The number of nitrogens with one attached hydrogen (secondary N) is 1. The zero-order valence-electron chi connectivity index (χ0n) is 17.9. The Bertz CT molecular complexity index is 1250. The van der Waals surface area contributed by atoms with E-state index in [2.05, 4.69) is 10.3 Å². The van der Waals surface area contributed by atoms with Gasteiger partial charge < -0.3 is 9.88 Å². The molecule has 10 heteroatoms. The number of thiocarbonyl (C=S) groups is 1. The summed E-state index contributed by atoms with van der Waals surface area (Å²) in [5.74, 6) is 0.303. The largest absolute Gasteiger partial charge is 0.369 e. The maximum absolute atomic E-state index is 13.4. The molecule has 1 aliphatic rings. The first-order valence-electron chi connectivity index (χ1n) is 10.5. The zero-order valence-corrected chi connectivity index (χ0v) is 19.6. The minimum Gasteiger partial charge on any atom is -0.369 e. The summed E-state index contributed by atoms with van der Waals surface area (Å²) >= 11 is 6.59. The van der Waals surface area contributed by atoms with Gasteiger partial charge in [0.1, 0.15) is 15.8 Å². The van der Waals surface area contributed by atoms with Crippen LogP contribution in [0.4, 0.5) is 5.82 Å². The van der Waals surface area contributed by atoms with Crippen LogP contribution in [-0.4, -0.2) is 47.2 Å². The summed E-state index contributed by atoms with van der Waals surface area (Å²) in [5, 5.41) is 3.30. The highest BCUT2D eigenvalue weighted by Crippen LogP contribution is 2.33. The molecule has 32 heavy (non-hydrogen) atoms. The van der Waals surface area contributed by atoms with E-state index in [0.717, 1.165) is 24.9 Å². The van der Waals surface area contributed by atoms with Crippen LogP contribution in [0.1, 0.15) is 30.9 Å². The SMILES string of the molecule is CCCN1C(=O)/C(=C\c2c(NCCCn3ccnc3)nc3c(C)cccn3c2=O)SC1=S. The first-order valence-corrected chi connectivity index (χ1v) is 11.7. The highest BCUT2D eigenvalue weighted by atomic mass is 32.2. The number of imidazole rings is 1. The van der Waals surface area contributed by atoms with Gasteiger partial charge in [0.05, 0.1) is 16.8 Å². The van der Waals surface area contributed by atoms with Gasteiger partial charge in [0.25, 0.3) is 11.5 Å². The van der Waals surface area contributed by atoms with Crippen LogP contribution in [0.2, 0.25) is 0 Å². The predicted molar refractivity (Wildman–Crippen MR) is 132 cm³/mol. The molecule has 0 unspecified atom stereocenters. The van der Waals surface area contributed by atoms with E-state index in [9.17, 15) is 9.59 Å². The van der Waals surface area contributed by atoms with Crippen LogP contribution >= 0.6 is 24.0 Å². The number of thioether (sulfide) groups is 1. The van der Waals surface area contributed by atoms with Gasteiger partial charge in [0.15, 0.2) is 0 Å². The quantitative estimate of drug-likeness (QED) is 0.308. The number of hydrogen-bond donors (Lipinski definition) is 1. The second-order valence-electron chi connectivity index (χ2n) is 7.48. The van der Waals surface area contributed by atoms with Gasteiger partial charge in [-0.25, -0.2) is 9.97 Å². The topological polar surface area (TPSA) is 84.5 Å². The number of pyridine rings is 1. The molecule has 0 bridgehead atoms. The van der Waals surface area contributed by atoms with E-state index in [1.807, 2.05) is 36.7 Å². The van der Waals surface area contributed by atoms with Crippen LogP contribution in [0.3, 0.4) is 0 Å². The lowest BCUT2D eigenvalue weighted by atomic mass is 10.2. The molecule has 0 aromatic carbocycles. The summed E-state index contributed by atoms with van der Waals surface area (Å²) in [6.07, 6.45) is 10.4. The van der Waals surface area contributed by atoms with E-state index in [1.165, 1.54) is 16.2 Å². The molecule has 4 rings (SSSR count). The summed E-state index contributed by atoms with van der Waals surface area (Å²) in [4.78, 5) is 37.0. The minimum absolute atomic E-state index is 0.165. The number of nitrogens with zero attached hydrogens (tertiary/aromatic N) is 5. The lowest BCUT2D eigenvalue weighted by Gasteiger charge is -2.13. The van der Waals surface area contributed by atoms with Crippen molar-refractivity contribution in [2.75, 3.05) is 18.4 Å². The average molecular weight is 469 g/mol. The smallest absolute Gasteiger partial charge is 0.267 e. The fourth-order valence-electron chi connectivity index (χ4n) is 3.51. The van der Waals surface area contributed by atoms with Crippen LogP contribution in [0.15, 0.2) is 46.8 Å². The summed E-state index contributed by atoms with van der Waals surface area (Å²) in [6, 6.07) is 3.73. The average Bonchev–Trinajstić information content (AvgIpc) is 3.38. The van der Waals surface area contributed by atoms with E-state index in [0.29, 0.717) is 39.3 Å². The molecule has 1 amide bonds. The number of hydrogen-bond acceptors (Lipinski definition) is 7. The van der Waals surface area contributed by atoms with Crippen molar-refractivity contribution in [1.29, 1.82) is 0 Å². The summed E-state index contributed by atoms with van der Waals surface area (Å²) in [6.45, 7) is 5.89. The third kappa shape index (κ3) is 4.46. The third-order valence-electron chi connectivity index (χ3n) is 5.13. The predicted octanol–water partition coefficient (Wildman–Crippen LogP) is 3.31. The van der Waals surface area contributed by atoms with Crippen LogP contribution in [-0.2, 0) is 11.3 Å². The second-order valence-corrected chi connectivity index (χ2v) is 9.15. The number of aromatic nitrogens is 4. The Balaban J connectivity index is 1.69. The van der Waals surface area contributed by atoms with Gasteiger partial charge in [-0.3, -0.25) is 18.9 Å². The van der Waals surface area contributed by atoms with Gasteiger partial charge >= 0.3 is 0 Å². The summed E-state index contributed by atoms with van der Waals surface area (Å²) in [5.41, 5.74) is 1.61. The van der Waals surface area contributed by atoms with Gasteiger partial charge in [0.2, 0.25) is 0 Å². The molecule has 1 fully saturated rings. The molecule has 8 nitrogen and oxygen atoms in total. The first kappa shape index (κ1) is 22.2. The van der Waals surface area contributed by atoms with Gasteiger partial charge in [-0.2, -0.15) is 0 Å². The van der Waals surface area contributed by atoms with Crippen molar-refractivity contribution in [3.8, 4) is 0 Å². The molecule has 3 aromatic heterocycles. The van der Waals surface area contributed by atoms with Crippen LogP contribution in [0.5, 0.6) is 0 Å². The molecule has 1 N–H and O–H groups in total. The van der Waals surface area contributed by atoms with E-state index in [4.69, 9.17) is 17.2 Å². The zero-order chi connectivity index (χ0) is 22.7. The van der Waals surface area contributed by atoms with Crippen molar-refractivity contribution in [3.05, 3.63) is 63.4 Å². The molecule has 0 aliphatic carbocycles. The van der Waals surface area contributed by atoms with Crippen molar-refractivity contribution in [3.63, 3.8) is 0 Å². The Labute approximate surface area is 195 Å². The second kappa shape index (κ2) is 9.66. The molecule has 4 heterocycles. The molecular weight excluding hydrogens is 444 g/mol. The number of rotatable bonds is 8. The number of carbonyl (C=O) groups is 1. The lowest BCUT2D eigenvalue weighted by molar-refractivity contribution is -0.122. The van der Waals surface area contributed by atoms with E-state index >= 15 is 0 Å². The highest BCUT2D eigenvalue weighted by Gasteiger charge is 2.32. The van der Waals surface area contributed by atoms with Crippen molar-refractivity contribution < 1.29 is 4.79 Å².